The Kier molecular flexibility index (Phi) is 6.33. The topological polar surface area (TPSA) is 30.5 Å². The van der Waals surface area contributed by atoms with Crippen LogP contribution >= 0.6 is 0 Å². The van der Waals surface area contributed by atoms with Gasteiger partial charge in [0.1, 0.15) is 12.3 Å². The SMILES string of the molecule is CC.COc1ccc2c3c1O[C@@H]1C(F)CCC(C31)[C@@H](NC(C)Cc1ccccc1)C2. The smallest absolute Gasteiger partial charge is 0.165 e. The Morgan fingerprint density at radius 3 is 2.63 bits per heavy atom. The van der Waals surface area contributed by atoms with Crippen molar-refractivity contribution in [3.8, 4) is 11.5 Å². The molecule has 162 valence electrons. The van der Waals surface area contributed by atoms with Crippen molar-refractivity contribution < 1.29 is 13.9 Å². The third-order valence-corrected chi connectivity index (χ3v) is 6.84. The zero-order valence-corrected chi connectivity index (χ0v) is 18.5. The summed E-state index contributed by atoms with van der Waals surface area (Å²) in [4.78, 5) is 0. The van der Waals surface area contributed by atoms with Gasteiger partial charge in [-0.3, -0.25) is 0 Å². The molecule has 0 radical (unpaired) electrons. The van der Waals surface area contributed by atoms with Crippen LogP contribution in [0.1, 0.15) is 56.2 Å². The fourth-order valence-corrected chi connectivity index (χ4v) is 5.69. The minimum absolute atomic E-state index is 0.138. The molecule has 1 heterocycles. The maximum Gasteiger partial charge on any atom is 0.165 e. The van der Waals surface area contributed by atoms with Gasteiger partial charge in [-0.1, -0.05) is 50.2 Å². The molecule has 30 heavy (non-hydrogen) atoms. The van der Waals surface area contributed by atoms with Gasteiger partial charge in [-0.05, 0) is 55.7 Å². The van der Waals surface area contributed by atoms with E-state index in [-0.39, 0.29) is 12.0 Å². The molecule has 0 amide bonds. The Labute approximate surface area is 180 Å². The lowest BCUT2D eigenvalue weighted by molar-refractivity contribution is 0.0268. The van der Waals surface area contributed by atoms with Crippen LogP contribution in [0.3, 0.4) is 0 Å². The van der Waals surface area contributed by atoms with Crippen molar-refractivity contribution in [2.45, 2.75) is 76.7 Å². The van der Waals surface area contributed by atoms with Crippen LogP contribution in [-0.4, -0.2) is 31.5 Å². The minimum Gasteiger partial charge on any atom is -0.493 e. The minimum atomic E-state index is -0.897. The summed E-state index contributed by atoms with van der Waals surface area (Å²) in [5, 5.41) is 3.89. The van der Waals surface area contributed by atoms with E-state index in [1.165, 1.54) is 16.7 Å². The molecule has 4 heteroatoms. The van der Waals surface area contributed by atoms with E-state index in [1.807, 2.05) is 19.9 Å². The number of methoxy groups -OCH3 is 1. The molecule has 3 aliphatic rings. The van der Waals surface area contributed by atoms with Gasteiger partial charge >= 0.3 is 0 Å². The van der Waals surface area contributed by atoms with Crippen LogP contribution in [0.15, 0.2) is 42.5 Å². The van der Waals surface area contributed by atoms with Gasteiger partial charge in [-0.15, -0.1) is 0 Å². The summed E-state index contributed by atoms with van der Waals surface area (Å²) in [6.45, 7) is 6.26. The third-order valence-electron chi connectivity index (χ3n) is 6.84. The van der Waals surface area contributed by atoms with Crippen LogP contribution in [0.4, 0.5) is 4.39 Å². The van der Waals surface area contributed by atoms with Gasteiger partial charge in [0.2, 0.25) is 0 Å². The van der Waals surface area contributed by atoms with Gasteiger partial charge < -0.3 is 14.8 Å². The fraction of sp³-hybridized carbons (Fsp3) is 0.538. The summed E-state index contributed by atoms with van der Waals surface area (Å²) in [6, 6.07) is 15.5. The van der Waals surface area contributed by atoms with E-state index in [0.29, 0.717) is 24.4 Å². The monoisotopic (exact) mass is 411 g/mol. The molecule has 2 aliphatic carbocycles. The van der Waals surface area contributed by atoms with Gasteiger partial charge in [-0.2, -0.15) is 0 Å². The molecular formula is C26H34FNO2. The number of hydrogen-bond donors (Lipinski definition) is 1. The summed E-state index contributed by atoms with van der Waals surface area (Å²) < 4.78 is 26.4. The Balaban J connectivity index is 0.00000106. The van der Waals surface area contributed by atoms with Crippen molar-refractivity contribution in [3.05, 3.63) is 59.2 Å². The summed E-state index contributed by atoms with van der Waals surface area (Å²) >= 11 is 0. The molecule has 0 spiro atoms. The number of hydrogen-bond acceptors (Lipinski definition) is 3. The number of rotatable bonds is 5. The molecule has 0 aromatic heterocycles. The van der Waals surface area contributed by atoms with Crippen LogP contribution in [0.2, 0.25) is 0 Å². The van der Waals surface area contributed by atoms with Gasteiger partial charge in [0.05, 0.1) is 7.11 Å². The van der Waals surface area contributed by atoms with Gasteiger partial charge in [0, 0.05) is 23.6 Å². The van der Waals surface area contributed by atoms with Crippen LogP contribution in [0, 0.1) is 5.92 Å². The van der Waals surface area contributed by atoms with Crippen molar-refractivity contribution in [2.75, 3.05) is 7.11 Å². The average Bonchev–Trinajstić information content (AvgIpc) is 3.18. The maximum atomic E-state index is 14.8. The maximum absolute atomic E-state index is 14.8. The molecule has 0 saturated heterocycles. The highest BCUT2D eigenvalue weighted by Crippen LogP contribution is 2.57. The molecule has 3 nitrogen and oxygen atoms in total. The van der Waals surface area contributed by atoms with Crippen LogP contribution in [-0.2, 0) is 12.8 Å². The summed E-state index contributed by atoms with van der Waals surface area (Å²) in [5.74, 6) is 2.08. The third kappa shape index (κ3) is 3.71. The first-order chi connectivity index (χ1) is 14.7. The summed E-state index contributed by atoms with van der Waals surface area (Å²) in [5.41, 5.74) is 3.85. The van der Waals surface area contributed by atoms with E-state index in [2.05, 4.69) is 48.6 Å². The molecule has 2 aromatic rings. The molecule has 1 aliphatic heterocycles. The van der Waals surface area contributed by atoms with Crippen LogP contribution in [0.5, 0.6) is 11.5 Å². The number of halogens is 1. The van der Waals surface area contributed by atoms with Crippen molar-refractivity contribution in [2.24, 2.45) is 5.92 Å². The lowest BCUT2D eigenvalue weighted by Gasteiger charge is -2.44. The Morgan fingerprint density at radius 1 is 1.13 bits per heavy atom. The van der Waals surface area contributed by atoms with Gasteiger partial charge in [-0.25, -0.2) is 4.39 Å². The Hall–Kier alpha value is -2.07. The molecule has 4 unspecified atom stereocenters. The van der Waals surface area contributed by atoms with E-state index in [9.17, 15) is 4.39 Å². The quantitative estimate of drug-likeness (QED) is 0.709. The van der Waals surface area contributed by atoms with Crippen molar-refractivity contribution in [1.82, 2.24) is 5.32 Å². The summed E-state index contributed by atoms with van der Waals surface area (Å²) in [7, 11) is 1.66. The first-order valence-electron chi connectivity index (χ1n) is 11.5. The second-order valence-electron chi connectivity index (χ2n) is 8.60. The molecule has 1 N–H and O–H groups in total. The highest BCUT2D eigenvalue weighted by atomic mass is 19.1. The second-order valence-corrected chi connectivity index (χ2v) is 8.60. The van der Waals surface area contributed by atoms with Gasteiger partial charge in [0.15, 0.2) is 11.5 Å². The molecule has 6 atom stereocenters. The molecular weight excluding hydrogens is 377 g/mol. The van der Waals surface area contributed by atoms with E-state index >= 15 is 0 Å². The van der Waals surface area contributed by atoms with E-state index < -0.39 is 6.17 Å². The first kappa shape index (κ1) is 21.2. The van der Waals surface area contributed by atoms with Crippen molar-refractivity contribution in [3.63, 3.8) is 0 Å². The molecule has 1 saturated carbocycles. The lowest BCUT2D eigenvalue weighted by atomic mass is 9.65. The summed E-state index contributed by atoms with van der Waals surface area (Å²) in [6.07, 6.45) is 2.21. The van der Waals surface area contributed by atoms with Gasteiger partial charge in [0.25, 0.3) is 0 Å². The number of alkyl halides is 1. The zero-order chi connectivity index (χ0) is 21.3. The molecule has 0 bridgehead atoms. The fourth-order valence-electron chi connectivity index (χ4n) is 5.69. The highest BCUT2D eigenvalue weighted by Gasteiger charge is 2.53. The predicted molar refractivity (Wildman–Crippen MR) is 119 cm³/mol. The second kappa shape index (κ2) is 8.97. The average molecular weight is 412 g/mol. The van der Waals surface area contributed by atoms with Crippen LogP contribution in [0.25, 0.3) is 0 Å². The number of benzene rings is 2. The molecule has 2 aromatic carbocycles. The van der Waals surface area contributed by atoms with E-state index in [0.717, 1.165) is 30.8 Å². The first-order valence-corrected chi connectivity index (χ1v) is 11.5. The zero-order valence-electron chi connectivity index (χ0n) is 18.5. The predicted octanol–water partition coefficient (Wildman–Crippen LogP) is 5.46. The van der Waals surface area contributed by atoms with Crippen LogP contribution < -0.4 is 14.8 Å². The Morgan fingerprint density at radius 2 is 1.90 bits per heavy atom. The van der Waals surface area contributed by atoms with E-state index in [1.54, 1.807) is 7.11 Å². The molecule has 1 fully saturated rings. The normalized spacial score (nSPS) is 29.2. The lowest BCUT2D eigenvalue weighted by Crippen LogP contribution is -2.52. The number of nitrogens with one attached hydrogen (secondary N) is 1. The number of ether oxygens (including phenoxy) is 2. The standard InChI is InChI=1S/C24H28FNO2.C2H6/c1-14(12-15-6-4-3-5-7-15)26-19-13-16-8-11-20(27-2)24-21(16)22-17(19)9-10-18(25)23(22)28-24;1-2/h3-8,11,14,17-19,22-23,26H,9-10,12-13H2,1-2H3;1-2H3/t14?,17?,18?,19-,22?,23+;/m0./s1. The Bertz CT molecular complexity index is 856. The van der Waals surface area contributed by atoms with E-state index in [4.69, 9.17) is 9.47 Å². The van der Waals surface area contributed by atoms with Crippen molar-refractivity contribution in [1.29, 1.82) is 0 Å². The van der Waals surface area contributed by atoms with Crippen molar-refractivity contribution >= 4 is 0 Å². The highest BCUT2D eigenvalue weighted by molar-refractivity contribution is 5.57. The largest absolute Gasteiger partial charge is 0.493 e. The molecule has 5 rings (SSSR count).